The molecule has 0 fully saturated rings. The van der Waals surface area contributed by atoms with Crippen molar-refractivity contribution in [3.05, 3.63) is 28.8 Å². The summed E-state index contributed by atoms with van der Waals surface area (Å²) in [5, 5.41) is 9.08. The lowest BCUT2D eigenvalue weighted by molar-refractivity contribution is -0.127. The molecule has 1 N–H and O–H groups in total. The van der Waals surface area contributed by atoms with Crippen LogP contribution in [0, 0.1) is 0 Å². The molecular weight excluding hydrogens is 268 g/mol. The van der Waals surface area contributed by atoms with Crippen LogP contribution in [0.5, 0.6) is 0 Å². The minimum Gasteiger partial charge on any atom is -0.478 e. The Morgan fingerprint density at radius 2 is 1.95 bits per heavy atom. The van der Waals surface area contributed by atoms with Crippen molar-refractivity contribution in [1.29, 1.82) is 0 Å². The monoisotopic (exact) mass is 284 g/mol. The van der Waals surface area contributed by atoms with E-state index in [1.165, 1.54) is 11.0 Å². The smallest absolute Gasteiger partial charge is 0.337 e. The molecule has 19 heavy (non-hydrogen) atoms. The summed E-state index contributed by atoms with van der Waals surface area (Å²) < 4.78 is 0. The maximum absolute atomic E-state index is 11.7. The van der Waals surface area contributed by atoms with E-state index in [0.717, 1.165) is 5.69 Å². The molecule has 1 amide bonds. The first-order valence-electron chi connectivity index (χ1n) is 5.84. The van der Waals surface area contributed by atoms with Crippen LogP contribution in [0.1, 0.15) is 17.3 Å². The summed E-state index contributed by atoms with van der Waals surface area (Å²) in [4.78, 5) is 25.9. The number of hydrogen-bond acceptors (Lipinski definition) is 3. The quantitative estimate of drug-likeness (QED) is 0.898. The lowest BCUT2D eigenvalue weighted by Crippen LogP contribution is -2.36. The zero-order valence-corrected chi connectivity index (χ0v) is 11.9. The number of carboxylic acid groups (broad SMARTS) is 1. The largest absolute Gasteiger partial charge is 0.478 e. The standard InChI is InChI=1S/C13H17ClN2O3/c1-4-16(8-12(17)15(2)3)9-5-6-10(13(18)19)11(14)7-9/h5-7H,4,8H2,1-3H3,(H,18,19). The first kappa shape index (κ1) is 15.3. The van der Waals surface area contributed by atoms with E-state index >= 15 is 0 Å². The van der Waals surface area contributed by atoms with Crippen LogP contribution in [0.4, 0.5) is 5.69 Å². The topological polar surface area (TPSA) is 60.9 Å². The van der Waals surface area contributed by atoms with Crippen LogP contribution in [0.3, 0.4) is 0 Å². The van der Waals surface area contributed by atoms with Gasteiger partial charge < -0.3 is 14.9 Å². The molecule has 0 spiro atoms. The first-order chi connectivity index (χ1) is 8.86. The summed E-state index contributed by atoms with van der Waals surface area (Å²) in [6, 6.07) is 4.67. The van der Waals surface area contributed by atoms with Gasteiger partial charge in [-0.15, -0.1) is 0 Å². The van der Waals surface area contributed by atoms with Gasteiger partial charge in [0.2, 0.25) is 5.91 Å². The molecule has 0 saturated heterocycles. The highest BCUT2D eigenvalue weighted by atomic mass is 35.5. The molecule has 0 radical (unpaired) electrons. The van der Waals surface area contributed by atoms with Crippen molar-refractivity contribution in [2.24, 2.45) is 0 Å². The fourth-order valence-corrected chi connectivity index (χ4v) is 1.82. The molecule has 104 valence electrons. The minimum absolute atomic E-state index is 0.0275. The Morgan fingerprint density at radius 1 is 1.32 bits per heavy atom. The van der Waals surface area contributed by atoms with Gasteiger partial charge >= 0.3 is 5.97 Å². The SMILES string of the molecule is CCN(CC(=O)N(C)C)c1ccc(C(=O)O)c(Cl)c1. The van der Waals surface area contributed by atoms with Crippen molar-refractivity contribution in [3.8, 4) is 0 Å². The molecule has 0 aliphatic rings. The molecule has 0 aliphatic carbocycles. The maximum atomic E-state index is 11.7. The Balaban J connectivity index is 2.97. The molecule has 1 rings (SSSR count). The first-order valence-corrected chi connectivity index (χ1v) is 6.22. The van der Waals surface area contributed by atoms with E-state index in [1.807, 2.05) is 11.8 Å². The number of halogens is 1. The summed E-state index contributed by atoms with van der Waals surface area (Å²) >= 11 is 5.92. The number of hydrogen-bond donors (Lipinski definition) is 1. The van der Waals surface area contributed by atoms with Gasteiger partial charge in [-0.1, -0.05) is 11.6 Å². The van der Waals surface area contributed by atoms with Crippen LogP contribution in [0.25, 0.3) is 0 Å². The third-order valence-electron chi connectivity index (χ3n) is 2.75. The number of rotatable bonds is 5. The predicted octanol–water partition coefficient (Wildman–Crippen LogP) is 1.95. The second-order valence-corrected chi connectivity index (χ2v) is 4.68. The molecule has 6 heteroatoms. The van der Waals surface area contributed by atoms with Crippen molar-refractivity contribution >= 4 is 29.2 Å². The van der Waals surface area contributed by atoms with Crippen LogP contribution in [-0.2, 0) is 4.79 Å². The van der Waals surface area contributed by atoms with E-state index < -0.39 is 5.97 Å². The van der Waals surface area contributed by atoms with Crippen LogP contribution < -0.4 is 4.90 Å². The highest BCUT2D eigenvalue weighted by Crippen LogP contribution is 2.23. The number of benzene rings is 1. The molecule has 1 aromatic carbocycles. The number of carbonyl (C=O) groups is 2. The number of anilines is 1. The molecule has 0 unspecified atom stereocenters. The fourth-order valence-electron chi connectivity index (χ4n) is 1.56. The van der Waals surface area contributed by atoms with Crippen LogP contribution in [0.2, 0.25) is 5.02 Å². The molecule has 0 aliphatic heterocycles. The van der Waals surface area contributed by atoms with Gasteiger partial charge in [0, 0.05) is 26.3 Å². The number of carbonyl (C=O) groups excluding carboxylic acids is 1. The average Bonchev–Trinajstić information content (AvgIpc) is 2.34. The van der Waals surface area contributed by atoms with Gasteiger partial charge in [-0.2, -0.15) is 0 Å². The van der Waals surface area contributed by atoms with Crippen LogP contribution in [0.15, 0.2) is 18.2 Å². The Kier molecular flexibility index (Phi) is 5.18. The molecule has 0 bridgehead atoms. The fraction of sp³-hybridized carbons (Fsp3) is 0.385. The van der Waals surface area contributed by atoms with Gasteiger partial charge in [-0.05, 0) is 25.1 Å². The Hall–Kier alpha value is -1.75. The summed E-state index contributed by atoms with van der Waals surface area (Å²) in [7, 11) is 3.38. The number of amides is 1. The van der Waals surface area contributed by atoms with Crippen molar-refractivity contribution in [1.82, 2.24) is 4.90 Å². The van der Waals surface area contributed by atoms with Gasteiger partial charge in [-0.25, -0.2) is 4.79 Å². The molecule has 0 saturated carbocycles. The van der Waals surface area contributed by atoms with Gasteiger partial charge in [-0.3, -0.25) is 4.79 Å². The molecule has 0 aromatic heterocycles. The molecular formula is C13H17ClN2O3. The number of aromatic carboxylic acids is 1. The van der Waals surface area contributed by atoms with E-state index in [4.69, 9.17) is 16.7 Å². The van der Waals surface area contributed by atoms with E-state index in [1.54, 1.807) is 26.2 Å². The zero-order chi connectivity index (χ0) is 14.6. The van der Waals surface area contributed by atoms with Crippen LogP contribution in [-0.4, -0.2) is 49.1 Å². The molecule has 1 aromatic rings. The Bertz CT molecular complexity index is 489. The molecule has 5 nitrogen and oxygen atoms in total. The van der Waals surface area contributed by atoms with E-state index in [9.17, 15) is 9.59 Å². The van der Waals surface area contributed by atoms with Crippen molar-refractivity contribution in [3.63, 3.8) is 0 Å². The van der Waals surface area contributed by atoms with Gasteiger partial charge in [0.15, 0.2) is 0 Å². The predicted molar refractivity (Wildman–Crippen MR) is 75.0 cm³/mol. The number of carboxylic acids is 1. The van der Waals surface area contributed by atoms with Crippen molar-refractivity contribution in [2.45, 2.75) is 6.92 Å². The van der Waals surface area contributed by atoms with Crippen LogP contribution >= 0.6 is 11.6 Å². The third-order valence-corrected chi connectivity index (χ3v) is 3.07. The number of nitrogens with zero attached hydrogens (tertiary/aromatic N) is 2. The highest BCUT2D eigenvalue weighted by molar-refractivity contribution is 6.33. The lowest BCUT2D eigenvalue weighted by atomic mass is 10.2. The summed E-state index contributed by atoms with van der Waals surface area (Å²) in [5.74, 6) is -1.09. The maximum Gasteiger partial charge on any atom is 0.337 e. The Morgan fingerprint density at radius 3 is 2.37 bits per heavy atom. The second-order valence-electron chi connectivity index (χ2n) is 4.27. The Labute approximate surface area is 117 Å². The summed E-state index contributed by atoms with van der Waals surface area (Å²) in [5.41, 5.74) is 0.785. The lowest BCUT2D eigenvalue weighted by Gasteiger charge is -2.24. The van der Waals surface area contributed by atoms with Gasteiger partial charge in [0.05, 0.1) is 17.1 Å². The zero-order valence-electron chi connectivity index (χ0n) is 11.2. The van der Waals surface area contributed by atoms with E-state index in [0.29, 0.717) is 6.54 Å². The van der Waals surface area contributed by atoms with Crippen molar-refractivity contribution in [2.75, 3.05) is 32.1 Å². The summed E-state index contributed by atoms with van der Waals surface area (Å²) in [6.07, 6.45) is 0. The normalized spacial score (nSPS) is 10.1. The number of likely N-dealkylation sites (N-methyl/N-ethyl adjacent to an activating group) is 2. The second kappa shape index (κ2) is 6.43. The minimum atomic E-state index is -1.07. The van der Waals surface area contributed by atoms with Crippen molar-refractivity contribution < 1.29 is 14.7 Å². The van der Waals surface area contributed by atoms with E-state index in [2.05, 4.69) is 0 Å². The molecule has 0 atom stereocenters. The van der Waals surface area contributed by atoms with Gasteiger partial charge in [0.25, 0.3) is 0 Å². The van der Waals surface area contributed by atoms with E-state index in [-0.39, 0.29) is 23.0 Å². The summed E-state index contributed by atoms with van der Waals surface area (Å²) in [6.45, 7) is 2.77. The average molecular weight is 285 g/mol. The highest BCUT2D eigenvalue weighted by Gasteiger charge is 2.14. The molecule has 0 heterocycles. The third kappa shape index (κ3) is 3.86. The van der Waals surface area contributed by atoms with Gasteiger partial charge in [0.1, 0.15) is 0 Å².